The summed E-state index contributed by atoms with van der Waals surface area (Å²) >= 11 is 12.1. The molecule has 0 aliphatic rings. The van der Waals surface area contributed by atoms with Crippen molar-refractivity contribution in [2.45, 2.75) is 13.1 Å². The van der Waals surface area contributed by atoms with Crippen molar-refractivity contribution in [1.82, 2.24) is 0 Å². The van der Waals surface area contributed by atoms with Crippen molar-refractivity contribution < 1.29 is 0 Å². The number of anilines is 3. The van der Waals surface area contributed by atoms with E-state index >= 15 is 0 Å². The maximum absolute atomic E-state index is 6.03. The van der Waals surface area contributed by atoms with E-state index in [4.69, 9.17) is 34.7 Å². The quantitative estimate of drug-likeness (QED) is 0.593. The summed E-state index contributed by atoms with van der Waals surface area (Å²) in [5.41, 5.74) is 16.4. The van der Waals surface area contributed by atoms with Gasteiger partial charge in [-0.3, -0.25) is 0 Å². The SMILES string of the molecule is Nc1cc(CN(Cc2ccc(Cl)c(N)c2)c2ccccc2)ccc1Cl. The first kappa shape index (κ1) is 17.5. The zero-order chi connectivity index (χ0) is 17.8. The number of nitrogen functional groups attached to an aromatic ring is 2. The first-order valence-corrected chi connectivity index (χ1v) is 8.66. The second kappa shape index (κ2) is 7.68. The third-order valence-corrected chi connectivity index (χ3v) is 4.68. The van der Waals surface area contributed by atoms with Gasteiger partial charge in [-0.15, -0.1) is 0 Å². The summed E-state index contributed by atoms with van der Waals surface area (Å²) in [6.45, 7) is 1.40. The van der Waals surface area contributed by atoms with Gasteiger partial charge in [0.15, 0.2) is 0 Å². The van der Waals surface area contributed by atoms with Gasteiger partial charge in [0.25, 0.3) is 0 Å². The Labute approximate surface area is 157 Å². The number of hydrogen-bond acceptors (Lipinski definition) is 3. The Balaban J connectivity index is 1.89. The van der Waals surface area contributed by atoms with Crippen molar-refractivity contribution in [3.63, 3.8) is 0 Å². The molecule has 0 aliphatic carbocycles. The maximum Gasteiger partial charge on any atom is 0.0635 e. The molecule has 0 spiro atoms. The molecular formula is C20H19Cl2N3. The number of nitrogens with zero attached hydrogens (tertiary/aromatic N) is 1. The summed E-state index contributed by atoms with van der Waals surface area (Å²) in [5, 5.41) is 1.14. The molecule has 0 unspecified atom stereocenters. The molecule has 0 aromatic heterocycles. The Morgan fingerprint density at radius 2 is 1.16 bits per heavy atom. The third kappa shape index (κ3) is 4.38. The van der Waals surface area contributed by atoms with Gasteiger partial charge in [-0.05, 0) is 47.5 Å². The van der Waals surface area contributed by atoms with Crippen LogP contribution in [0.5, 0.6) is 0 Å². The molecule has 0 fully saturated rings. The highest BCUT2D eigenvalue weighted by Gasteiger charge is 2.10. The van der Waals surface area contributed by atoms with Gasteiger partial charge in [-0.1, -0.05) is 53.5 Å². The van der Waals surface area contributed by atoms with Crippen molar-refractivity contribution in [2.24, 2.45) is 0 Å². The molecule has 0 saturated heterocycles. The fraction of sp³-hybridized carbons (Fsp3) is 0.100. The van der Waals surface area contributed by atoms with Crippen molar-refractivity contribution in [1.29, 1.82) is 0 Å². The van der Waals surface area contributed by atoms with Crippen LogP contribution in [0.1, 0.15) is 11.1 Å². The van der Waals surface area contributed by atoms with Crippen LogP contribution in [0.4, 0.5) is 17.1 Å². The normalized spacial score (nSPS) is 10.6. The zero-order valence-electron chi connectivity index (χ0n) is 13.6. The van der Waals surface area contributed by atoms with E-state index < -0.39 is 0 Å². The maximum atomic E-state index is 6.03. The summed E-state index contributed by atoms with van der Waals surface area (Å²) in [6, 6.07) is 21.7. The van der Waals surface area contributed by atoms with Crippen LogP contribution in [0, 0.1) is 0 Å². The minimum absolute atomic E-state index is 0.570. The Morgan fingerprint density at radius 1 is 0.680 bits per heavy atom. The summed E-state index contributed by atoms with van der Waals surface area (Å²) in [6.07, 6.45) is 0. The molecule has 3 nitrogen and oxygen atoms in total. The lowest BCUT2D eigenvalue weighted by Crippen LogP contribution is -2.22. The van der Waals surface area contributed by atoms with Gasteiger partial charge >= 0.3 is 0 Å². The Morgan fingerprint density at radius 3 is 1.60 bits per heavy atom. The Hall–Kier alpha value is -2.36. The predicted octanol–water partition coefficient (Wildman–Crippen LogP) is 5.36. The molecule has 25 heavy (non-hydrogen) atoms. The van der Waals surface area contributed by atoms with Crippen LogP contribution in [0.2, 0.25) is 10.0 Å². The van der Waals surface area contributed by atoms with Crippen LogP contribution in [-0.4, -0.2) is 0 Å². The number of para-hydroxylation sites is 1. The molecule has 3 aromatic carbocycles. The number of benzene rings is 3. The van der Waals surface area contributed by atoms with Crippen LogP contribution < -0.4 is 16.4 Å². The van der Waals surface area contributed by atoms with Gasteiger partial charge < -0.3 is 16.4 Å². The number of nitrogens with two attached hydrogens (primary N) is 2. The van der Waals surface area contributed by atoms with Crippen molar-refractivity contribution >= 4 is 40.3 Å². The average molecular weight is 372 g/mol. The summed E-state index contributed by atoms with van der Waals surface area (Å²) in [5.74, 6) is 0. The Kier molecular flexibility index (Phi) is 5.37. The molecule has 0 atom stereocenters. The van der Waals surface area contributed by atoms with Crippen molar-refractivity contribution in [3.05, 3.63) is 87.9 Å². The Bertz CT molecular complexity index is 813. The van der Waals surface area contributed by atoms with Gasteiger partial charge in [0.1, 0.15) is 0 Å². The van der Waals surface area contributed by atoms with Gasteiger partial charge in [-0.2, -0.15) is 0 Å². The van der Waals surface area contributed by atoms with Gasteiger partial charge in [0, 0.05) is 18.8 Å². The summed E-state index contributed by atoms with van der Waals surface area (Å²) in [7, 11) is 0. The third-order valence-electron chi connectivity index (χ3n) is 3.99. The van der Waals surface area contributed by atoms with Crippen molar-refractivity contribution in [2.75, 3.05) is 16.4 Å². The van der Waals surface area contributed by atoms with E-state index in [1.54, 1.807) is 0 Å². The topological polar surface area (TPSA) is 55.3 Å². The van der Waals surface area contributed by atoms with Gasteiger partial charge in [0.05, 0.1) is 21.4 Å². The van der Waals surface area contributed by atoms with E-state index in [0.29, 0.717) is 34.5 Å². The summed E-state index contributed by atoms with van der Waals surface area (Å²) < 4.78 is 0. The fourth-order valence-electron chi connectivity index (χ4n) is 2.70. The highest BCUT2D eigenvalue weighted by molar-refractivity contribution is 6.33. The summed E-state index contributed by atoms with van der Waals surface area (Å²) in [4.78, 5) is 2.26. The molecule has 4 N–H and O–H groups in total. The first-order chi connectivity index (χ1) is 12.0. The lowest BCUT2D eigenvalue weighted by atomic mass is 10.1. The van der Waals surface area contributed by atoms with Crippen molar-refractivity contribution in [3.8, 4) is 0 Å². The monoisotopic (exact) mass is 371 g/mol. The smallest absolute Gasteiger partial charge is 0.0635 e. The number of halogens is 2. The molecule has 0 amide bonds. The standard InChI is InChI=1S/C20H19Cl2N3/c21-17-8-6-14(10-19(17)23)12-25(16-4-2-1-3-5-16)13-15-7-9-18(22)20(24)11-15/h1-11H,12-13,23-24H2. The highest BCUT2D eigenvalue weighted by Crippen LogP contribution is 2.26. The molecule has 0 aliphatic heterocycles. The molecule has 0 saturated carbocycles. The van der Waals surface area contributed by atoms with E-state index in [-0.39, 0.29) is 0 Å². The van der Waals surface area contributed by atoms with E-state index in [1.807, 2.05) is 54.6 Å². The van der Waals surface area contributed by atoms with E-state index in [2.05, 4.69) is 17.0 Å². The second-order valence-electron chi connectivity index (χ2n) is 5.90. The molecule has 3 aromatic rings. The second-order valence-corrected chi connectivity index (χ2v) is 6.72. The molecule has 128 valence electrons. The van der Waals surface area contributed by atoms with E-state index in [9.17, 15) is 0 Å². The average Bonchev–Trinajstić information content (AvgIpc) is 2.61. The molecular weight excluding hydrogens is 353 g/mol. The van der Waals surface area contributed by atoms with Crippen LogP contribution in [0.25, 0.3) is 0 Å². The largest absolute Gasteiger partial charge is 0.398 e. The molecule has 0 bridgehead atoms. The minimum Gasteiger partial charge on any atom is -0.398 e. The molecule has 0 heterocycles. The first-order valence-electron chi connectivity index (χ1n) is 7.91. The van der Waals surface area contributed by atoms with Crippen LogP contribution in [0.3, 0.4) is 0 Å². The lowest BCUT2D eigenvalue weighted by molar-refractivity contribution is 0.800. The van der Waals surface area contributed by atoms with Crippen LogP contribution in [-0.2, 0) is 13.1 Å². The number of hydrogen-bond donors (Lipinski definition) is 2. The molecule has 0 radical (unpaired) electrons. The van der Waals surface area contributed by atoms with Gasteiger partial charge in [0.2, 0.25) is 0 Å². The zero-order valence-corrected chi connectivity index (χ0v) is 15.1. The highest BCUT2D eigenvalue weighted by atomic mass is 35.5. The lowest BCUT2D eigenvalue weighted by Gasteiger charge is -2.25. The van der Waals surface area contributed by atoms with E-state index in [1.165, 1.54) is 0 Å². The minimum atomic E-state index is 0.570. The van der Waals surface area contributed by atoms with Gasteiger partial charge in [-0.25, -0.2) is 0 Å². The molecule has 5 heteroatoms. The predicted molar refractivity (Wildman–Crippen MR) is 108 cm³/mol. The van der Waals surface area contributed by atoms with Crippen LogP contribution >= 0.6 is 23.2 Å². The number of rotatable bonds is 5. The fourth-order valence-corrected chi connectivity index (χ4v) is 2.94. The van der Waals surface area contributed by atoms with Crippen LogP contribution in [0.15, 0.2) is 66.7 Å². The van der Waals surface area contributed by atoms with E-state index in [0.717, 1.165) is 16.8 Å². The molecule has 3 rings (SSSR count).